The van der Waals surface area contributed by atoms with E-state index in [1.807, 2.05) is 13.0 Å². The zero-order valence-corrected chi connectivity index (χ0v) is 24.0. The average molecular weight is 582 g/mol. The predicted molar refractivity (Wildman–Crippen MR) is 149 cm³/mol. The number of carbonyl (C=O) groups is 1. The molecule has 222 valence electrons. The Morgan fingerprint density at radius 1 is 1.00 bits per heavy atom. The molecule has 0 spiro atoms. The second-order valence-electron chi connectivity index (χ2n) is 10.2. The Kier molecular flexibility index (Phi) is 7.50. The van der Waals surface area contributed by atoms with Gasteiger partial charge in [-0.3, -0.25) is 10.1 Å². The fraction of sp³-hybridized carbons (Fsp3) is 0.367. The minimum Gasteiger partial charge on any atom is -0.493 e. The van der Waals surface area contributed by atoms with E-state index in [2.05, 4.69) is 0 Å². The number of benzene rings is 3. The second-order valence-corrected chi connectivity index (χ2v) is 10.2. The van der Waals surface area contributed by atoms with E-state index in [0.717, 1.165) is 11.6 Å². The van der Waals surface area contributed by atoms with Crippen molar-refractivity contribution >= 4 is 11.7 Å². The molecule has 12 heteroatoms. The normalized spacial score (nSPS) is 20.4. The molecule has 0 radical (unpaired) electrons. The highest BCUT2D eigenvalue weighted by atomic mass is 16.7. The van der Waals surface area contributed by atoms with E-state index in [1.165, 1.54) is 46.6 Å². The Morgan fingerprint density at radius 3 is 2.36 bits per heavy atom. The molecule has 1 heterocycles. The van der Waals surface area contributed by atoms with Crippen LogP contribution < -0.4 is 28.4 Å². The average Bonchev–Trinajstić information content (AvgIpc) is 3.45. The summed E-state index contributed by atoms with van der Waals surface area (Å²) < 4.78 is 40.6. The van der Waals surface area contributed by atoms with Gasteiger partial charge in [-0.15, -0.1) is 0 Å². The molecule has 0 fully saturated rings. The van der Waals surface area contributed by atoms with E-state index in [4.69, 9.17) is 33.2 Å². The lowest BCUT2D eigenvalue weighted by Crippen LogP contribution is -2.43. The van der Waals surface area contributed by atoms with E-state index >= 15 is 0 Å². The maximum atomic E-state index is 13.5. The fourth-order valence-corrected chi connectivity index (χ4v) is 5.55. The largest absolute Gasteiger partial charge is 0.493 e. The molecule has 3 aromatic carbocycles. The molecule has 1 aliphatic heterocycles. The van der Waals surface area contributed by atoms with Gasteiger partial charge in [0, 0.05) is 28.8 Å². The Morgan fingerprint density at radius 2 is 1.71 bits per heavy atom. The highest BCUT2D eigenvalue weighted by Crippen LogP contribution is 2.59. The van der Waals surface area contributed by atoms with E-state index < -0.39 is 28.5 Å². The first kappa shape index (κ1) is 28.8. The van der Waals surface area contributed by atoms with Crippen molar-refractivity contribution in [3.63, 3.8) is 0 Å². The van der Waals surface area contributed by atoms with Gasteiger partial charge in [0.25, 0.3) is 5.69 Å². The molecule has 12 nitrogen and oxygen atoms in total. The van der Waals surface area contributed by atoms with E-state index in [-0.39, 0.29) is 35.3 Å². The van der Waals surface area contributed by atoms with Crippen molar-refractivity contribution < 1.29 is 48.0 Å². The molecule has 42 heavy (non-hydrogen) atoms. The van der Waals surface area contributed by atoms with Crippen LogP contribution in [0, 0.1) is 16.0 Å². The number of rotatable bonds is 7. The van der Waals surface area contributed by atoms with Gasteiger partial charge in [-0.2, -0.15) is 0 Å². The summed E-state index contributed by atoms with van der Waals surface area (Å²) in [6.45, 7) is 3.41. The van der Waals surface area contributed by atoms with Gasteiger partial charge in [0.1, 0.15) is 5.60 Å². The van der Waals surface area contributed by atoms with Gasteiger partial charge >= 0.3 is 5.97 Å². The van der Waals surface area contributed by atoms with Gasteiger partial charge in [-0.25, -0.2) is 4.79 Å². The summed E-state index contributed by atoms with van der Waals surface area (Å²) >= 11 is 0. The van der Waals surface area contributed by atoms with Crippen molar-refractivity contribution in [3.05, 3.63) is 63.2 Å². The van der Waals surface area contributed by atoms with Crippen molar-refractivity contribution in [2.45, 2.75) is 32.0 Å². The lowest BCUT2D eigenvalue weighted by molar-refractivity contribution is -0.384. The summed E-state index contributed by atoms with van der Waals surface area (Å²) in [5.74, 6) is 0.662. The molecule has 0 saturated carbocycles. The summed E-state index contributed by atoms with van der Waals surface area (Å²) in [5.41, 5.74) is 0.113. The molecule has 1 N–H and O–H groups in total. The topological polar surface area (TPSA) is 145 Å². The number of carbonyl (C=O) groups excluding carboxylic acids is 1. The first-order chi connectivity index (χ1) is 20.1. The predicted octanol–water partition coefficient (Wildman–Crippen LogP) is 4.87. The zero-order valence-electron chi connectivity index (χ0n) is 24.0. The standard InChI is InChI=1S/C30H31NO11/c1-15-10-17-12-21-25(41-14-40-21)26(38-5)22(17)23-19(13-20(36-3)24(37-4)27(23)39-6)28(30(15,2)33)42-29(32)16-8-7-9-18(11-16)31(34)35/h7-9,11-13,15,28,33H,10,14H2,1-6H3/t15-,28-,30-/m0/s1. The smallest absolute Gasteiger partial charge is 0.339 e. The molecule has 1 aliphatic carbocycles. The van der Waals surface area contributed by atoms with Gasteiger partial charge in [0.15, 0.2) is 29.1 Å². The number of nitrogens with zero attached hydrogens (tertiary/aromatic N) is 1. The highest BCUT2D eigenvalue weighted by Gasteiger charge is 2.47. The van der Waals surface area contributed by atoms with Gasteiger partial charge in [-0.05, 0) is 43.0 Å². The number of nitro benzene ring substituents is 1. The summed E-state index contributed by atoms with van der Waals surface area (Å²) in [7, 11) is 5.87. The lowest BCUT2D eigenvalue weighted by Gasteiger charge is -2.41. The first-order valence-corrected chi connectivity index (χ1v) is 13.1. The van der Waals surface area contributed by atoms with Crippen molar-refractivity contribution in [1.82, 2.24) is 0 Å². The van der Waals surface area contributed by atoms with E-state index in [1.54, 1.807) is 13.0 Å². The number of methoxy groups -OCH3 is 4. The summed E-state index contributed by atoms with van der Waals surface area (Å²) in [6, 6.07) is 8.65. The summed E-state index contributed by atoms with van der Waals surface area (Å²) in [4.78, 5) is 24.3. The van der Waals surface area contributed by atoms with Crippen molar-refractivity contribution in [1.29, 1.82) is 0 Å². The Bertz CT molecular complexity index is 1570. The zero-order chi connectivity index (χ0) is 30.3. The molecule has 0 bridgehead atoms. The van der Waals surface area contributed by atoms with E-state index in [0.29, 0.717) is 40.4 Å². The third kappa shape index (κ3) is 4.57. The third-order valence-corrected chi connectivity index (χ3v) is 7.87. The van der Waals surface area contributed by atoms with E-state index in [9.17, 15) is 20.0 Å². The third-order valence-electron chi connectivity index (χ3n) is 7.87. The number of ether oxygens (including phenoxy) is 7. The highest BCUT2D eigenvalue weighted by molar-refractivity contribution is 5.92. The second kappa shape index (κ2) is 10.9. The van der Waals surface area contributed by atoms with Gasteiger partial charge < -0.3 is 38.3 Å². The van der Waals surface area contributed by atoms with Gasteiger partial charge in [0.2, 0.25) is 18.3 Å². The molecular formula is C30H31NO11. The quantitative estimate of drug-likeness (QED) is 0.232. The number of hydrogen-bond acceptors (Lipinski definition) is 11. The van der Waals surface area contributed by atoms with Crippen LogP contribution in [0.1, 0.15) is 41.4 Å². The fourth-order valence-electron chi connectivity index (χ4n) is 5.55. The Labute approximate surface area is 241 Å². The number of aliphatic hydroxyl groups is 1. The molecule has 5 rings (SSSR count). The Balaban J connectivity index is 1.83. The SMILES string of the molecule is COc1cc2c(c(OC)c1OC)-c1c(cc3c(c1OC)OCO3)C[C@H](C)[C@](C)(O)[C@H]2OC(=O)c1cccc([N+](=O)[O-])c1. The van der Waals surface area contributed by atoms with Crippen LogP contribution in [0.25, 0.3) is 11.1 Å². The molecular weight excluding hydrogens is 550 g/mol. The van der Waals surface area contributed by atoms with Crippen LogP contribution in [0.2, 0.25) is 0 Å². The number of nitro groups is 1. The molecule has 0 saturated heterocycles. The van der Waals surface area contributed by atoms with Crippen molar-refractivity contribution in [2.75, 3.05) is 35.2 Å². The van der Waals surface area contributed by atoms with Crippen LogP contribution in [-0.4, -0.2) is 56.8 Å². The number of non-ortho nitro benzene ring substituents is 1. The number of esters is 1. The maximum Gasteiger partial charge on any atom is 0.339 e. The lowest BCUT2D eigenvalue weighted by atomic mass is 9.73. The molecule has 0 unspecified atom stereocenters. The monoisotopic (exact) mass is 581 g/mol. The summed E-state index contributed by atoms with van der Waals surface area (Å²) in [6.07, 6.45) is -0.983. The van der Waals surface area contributed by atoms with Crippen LogP contribution >= 0.6 is 0 Å². The number of fused-ring (bicyclic) bond motifs is 4. The molecule has 0 aromatic heterocycles. The Hall–Kier alpha value is -4.71. The van der Waals surface area contributed by atoms with Crippen LogP contribution in [0.15, 0.2) is 36.4 Å². The first-order valence-electron chi connectivity index (χ1n) is 13.1. The maximum absolute atomic E-state index is 13.5. The van der Waals surface area contributed by atoms with Gasteiger partial charge in [0.05, 0.1) is 38.9 Å². The number of hydrogen-bond donors (Lipinski definition) is 1. The van der Waals surface area contributed by atoms with Gasteiger partial charge in [-0.1, -0.05) is 13.0 Å². The van der Waals surface area contributed by atoms with Crippen molar-refractivity contribution in [3.8, 4) is 45.6 Å². The van der Waals surface area contributed by atoms with Crippen LogP contribution in [0.5, 0.6) is 34.5 Å². The summed E-state index contributed by atoms with van der Waals surface area (Å²) in [5, 5.41) is 23.5. The van der Waals surface area contributed by atoms with Crippen LogP contribution in [0.4, 0.5) is 5.69 Å². The minimum atomic E-state index is -1.66. The van der Waals surface area contributed by atoms with Crippen LogP contribution in [0.3, 0.4) is 0 Å². The minimum absolute atomic E-state index is 0.00122. The molecule has 3 aromatic rings. The molecule has 0 amide bonds. The molecule has 3 atom stereocenters. The molecule has 2 aliphatic rings. The van der Waals surface area contributed by atoms with Crippen LogP contribution in [-0.2, 0) is 11.2 Å². The van der Waals surface area contributed by atoms with Crippen molar-refractivity contribution in [2.24, 2.45) is 5.92 Å².